The maximum Gasteiger partial charge on any atom is 0.127 e. The Morgan fingerprint density at radius 1 is 1.13 bits per heavy atom. The van der Waals surface area contributed by atoms with Gasteiger partial charge in [-0.25, -0.2) is 0 Å². The van der Waals surface area contributed by atoms with Crippen molar-refractivity contribution in [2.75, 3.05) is 27.4 Å². The first-order valence-electron chi connectivity index (χ1n) is 5.16. The van der Waals surface area contributed by atoms with E-state index in [0.717, 1.165) is 6.29 Å². The average Bonchev–Trinajstić information content (AvgIpc) is 2.23. The predicted octanol–water partition coefficient (Wildman–Crippen LogP) is 0.982. The second-order valence-electron chi connectivity index (χ2n) is 4.48. The standard InChI is InChI=1S/C11H23NO3/c1-10(2,9-13)11(12,5-7-14-3)6-8-15-4/h9H,5-8,12H2,1-4H3. The van der Waals surface area contributed by atoms with Gasteiger partial charge in [0.15, 0.2) is 0 Å². The van der Waals surface area contributed by atoms with Gasteiger partial charge in [0.05, 0.1) is 0 Å². The number of aldehydes is 1. The van der Waals surface area contributed by atoms with Gasteiger partial charge in [0.1, 0.15) is 6.29 Å². The molecule has 0 saturated carbocycles. The first-order valence-corrected chi connectivity index (χ1v) is 5.16. The van der Waals surface area contributed by atoms with Crippen LogP contribution in [0, 0.1) is 5.41 Å². The molecule has 0 aromatic heterocycles. The van der Waals surface area contributed by atoms with E-state index in [9.17, 15) is 4.79 Å². The zero-order valence-electron chi connectivity index (χ0n) is 10.2. The van der Waals surface area contributed by atoms with Gasteiger partial charge >= 0.3 is 0 Å². The SMILES string of the molecule is COCCC(N)(CCOC)C(C)(C)C=O. The zero-order valence-corrected chi connectivity index (χ0v) is 10.2. The fourth-order valence-electron chi connectivity index (χ4n) is 1.46. The lowest BCUT2D eigenvalue weighted by molar-refractivity contribution is -0.118. The largest absolute Gasteiger partial charge is 0.385 e. The molecule has 0 atom stereocenters. The van der Waals surface area contributed by atoms with E-state index < -0.39 is 11.0 Å². The second-order valence-corrected chi connectivity index (χ2v) is 4.48. The van der Waals surface area contributed by atoms with Crippen LogP contribution in [0.3, 0.4) is 0 Å². The van der Waals surface area contributed by atoms with Gasteiger partial charge in [-0.3, -0.25) is 0 Å². The molecule has 0 aromatic rings. The van der Waals surface area contributed by atoms with E-state index >= 15 is 0 Å². The van der Waals surface area contributed by atoms with Crippen LogP contribution in [0.15, 0.2) is 0 Å². The van der Waals surface area contributed by atoms with Crippen molar-refractivity contribution in [3.63, 3.8) is 0 Å². The molecular formula is C11H23NO3. The average molecular weight is 217 g/mol. The summed E-state index contributed by atoms with van der Waals surface area (Å²) in [4.78, 5) is 11.0. The Morgan fingerprint density at radius 3 is 1.80 bits per heavy atom. The van der Waals surface area contributed by atoms with E-state index in [0.29, 0.717) is 26.1 Å². The summed E-state index contributed by atoms with van der Waals surface area (Å²) in [6, 6.07) is 0. The summed E-state index contributed by atoms with van der Waals surface area (Å²) in [5, 5.41) is 0. The van der Waals surface area contributed by atoms with Crippen molar-refractivity contribution < 1.29 is 14.3 Å². The van der Waals surface area contributed by atoms with Crippen LogP contribution < -0.4 is 5.73 Å². The third-order valence-electron chi connectivity index (χ3n) is 3.08. The molecule has 0 fully saturated rings. The summed E-state index contributed by atoms with van der Waals surface area (Å²) in [5.74, 6) is 0. The topological polar surface area (TPSA) is 61.6 Å². The number of carbonyl (C=O) groups is 1. The first kappa shape index (κ1) is 14.6. The maximum atomic E-state index is 11.0. The van der Waals surface area contributed by atoms with E-state index in [1.54, 1.807) is 14.2 Å². The number of hydrogen-bond donors (Lipinski definition) is 1. The minimum atomic E-state index is -0.569. The van der Waals surface area contributed by atoms with Crippen LogP contribution in [0.2, 0.25) is 0 Å². The second kappa shape index (κ2) is 6.20. The molecule has 0 spiro atoms. The number of carbonyl (C=O) groups excluding carboxylic acids is 1. The van der Waals surface area contributed by atoms with Gasteiger partial charge in [0, 0.05) is 38.4 Å². The molecular weight excluding hydrogens is 194 g/mol. The Kier molecular flexibility index (Phi) is 6.02. The molecule has 0 radical (unpaired) electrons. The molecule has 0 aliphatic heterocycles. The number of rotatable bonds is 8. The molecule has 0 aliphatic rings. The van der Waals surface area contributed by atoms with Crippen LogP contribution >= 0.6 is 0 Å². The molecule has 4 nitrogen and oxygen atoms in total. The van der Waals surface area contributed by atoms with Crippen molar-refractivity contribution in [3.05, 3.63) is 0 Å². The van der Waals surface area contributed by atoms with Crippen molar-refractivity contribution in [3.8, 4) is 0 Å². The molecule has 90 valence electrons. The van der Waals surface area contributed by atoms with Gasteiger partial charge in [0.2, 0.25) is 0 Å². The molecule has 2 N–H and O–H groups in total. The number of ether oxygens (including phenoxy) is 2. The van der Waals surface area contributed by atoms with Crippen LogP contribution in [-0.4, -0.2) is 39.3 Å². The van der Waals surface area contributed by atoms with Crippen LogP contribution in [0.4, 0.5) is 0 Å². The smallest absolute Gasteiger partial charge is 0.127 e. The molecule has 15 heavy (non-hydrogen) atoms. The van der Waals surface area contributed by atoms with Crippen LogP contribution in [0.1, 0.15) is 26.7 Å². The van der Waals surface area contributed by atoms with E-state index in [-0.39, 0.29) is 0 Å². The maximum absolute atomic E-state index is 11.0. The lowest BCUT2D eigenvalue weighted by Gasteiger charge is -2.40. The van der Waals surface area contributed by atoms with Crippen molar-refractivity contribution in [1.29, 1.82) is 0 Å². The summed E-state index contributed by atoms with van der Waals surface area (Å²) in [6.07, 6.45) is 2.22. The molecule has 4 heteroatoms. The number of methoxy groups -OCH3 is 2. The third kappa shape index (κ3) is 3.89. The van der Waals surface area contributed by atoms with Crippen LogP contribution in [0.5, 0.6) is 0 Å². The normalized spacial score (nSPS) is 12.9. The number of hydrogen-bond acceptors (Lipinski definition) is 4. The Hall–Kier alpha value is -0.450. The van der Waals surface area contributed by atoms with Gasteiger partial charge in [0.25, 0.3) is 0 Å². The molecule has 0 aromatic carbocycles. The van der Waals surface area contributed by atoms with Gasteiger partial charge in [-0.15, -0.1) is 0 Å². The Balaban J connectivity index is 4.59. The highest BCUT2D eigenvalue weighted by Gasteiger charge is 2.40. The van der Waals surface area contributed by atoms with Crippen molar-refractivity contribution in [1.82, 2.24) is 0 Å². The monoisotopic (exact) mass is 217 g/mol. The Bertz CT molecular complexity index is 184. The van der Waals surface area contributed by atoms with E-state index in [1.807, 2.05) is 13.8 Å². The lowest BCUT2D eigenvalue weighted by atomic mass is 9.70. The highest BCUT2D eigenvalue weighted by Crippen LogP contribution is 2.32. The van der Waals surface area contributed by atoms with Crippen LogP contribution in [-0.2, 0) is 14.3 Å². The van der Waals surface area contributed by atoms with E-state index in [4.69, 9.17) is 15.2 Å². The summed E-state index contributed by atoms with van der Waals surface area (Å²) >= 11 is 0. The van der Waals surface area contributed by atoms with Crippen molar-refractivity contribution in [2.45, 2.75) is 32.2 Å². The Morgan fingerprint density at radius 2 is 1.53 bits per heavy atom. The zero-order chi connectivity index (χ0) is 11.9. The summed E-state index contributed by atoms with van der Waals surface area (Å²) in [6.45, 7) is 4.81. The molecule has 0 rings (SSSR count). The predicted molar refractivity (Wildman–Crippen MR) is 59.7 cm³/mol. The fraction of sp³-hybridized carbons (Fsp3) is 0.909. The molecule has 0 aliphatic carbocycles. The highest BCUT2D eigenvalue weighted by molar-refractivity contribution is 5.60. The molecule has 0 bridgehead atoms. The van der Waals surface area contributed by atoms with Gasteiger partial charge in [-0.05, 0) is 12.8 Å². The number of nitrogens with two attached hydrogens (primary N) is 1. The molecule has 0 heterocycles. The van der Waals surface area contributed by atoms with Crippen molar-refractivity contribution >= 4 is 6.29 Å². The van der Waals surface area contributed by atoms with Crippen LogP contribution in [0.25, 0.3) is 0 Å². The third-order valence-corrected chi connectivity index (χ3v) is 3.08. The van der Waals surface area contributed by atoms with Gasteiger partial charge in [-0.1, -0.05) is 13.8 Å². The van der Waals surface area contributed by atoms with E-state index in [1.165, 1.54) is 0 Å². The van der Waals surface area contributed by atoms with Crippen molar-refractivity contribution in [2.24, 2.45) is 11.1 Å². The van der Waals surface area contributed by atoms with Gasteiger partial charge < -0.3 is 20.0 Å². The molecule has 0 saturated heterocycles. The summed E-state index contributed by atoms with van der Waals surface area (Å²) < 4.78 is 10.0. The van der Waals surface area contributed by atoms with Gasteiger partial charge in [-0.2, -0.15) is 0 Å². The summed E-state index contributed by atoms with van der Waals surface area (Å²) in [7, 11) is 3.26. The molecule has 0 unspecified atom stereocenters. The summed E-state index contributed by atoms with van der Waals surface area (Å²) in [5.41, 5.74) is 5.13. The minimum Gasteiger partial charge on any atom is -0.385 e. The fourth-order valence-corrected chi connectivity index (χ4v) is 1.46. The molecule has 0 amide bonds. The minimum absolute atomic E-state index is 0.553. The quantitative estimate of drug-likeness (QED) is 0.616. The Labute approximate surface area is 92.1 Å². The van der Waals surface area contributed by atoms with E-state index in [2.05, 4.69) is 0 Å². The first-order chi connectivity index (χ1) is 6.93. The lowest BCUT2D eigenvalue weighted by Crippen LogP contribution is -2.55. The highest BCUT2D eigenvalue weighted by atomic mass is 16.5.